The van der Waals surface area contributed by atoms with E-state index in [-0.39, 0.29) is 24.5 Å². The lowest BCUT2D eigenvalue weighted by atomic mass is 10.2. The first-order valence-electron chi connectivity index (χ1n) is 7.21. The van der Waals surface area contributed by atoms with Crippen molar-refractivity contribution in [3.05, 3.63) is 24.2 Å². The average Bonchev–Trinajstić information content (AvgIpc) is 2.86. The van der Waals surface area contributed by atoms with E-state index in [1.807, 2.05) is 32.9 Å². The highest BCUT2D eigenvalue weighted by Crippen LogP contribution is 2.06. The molecule has 1 rings (SSSR count). The van der Waals surface area contributed by atoms with E-state index in [4.69, 9.17) is 9.52 Å². The number of hydrogen-bond donors (Lipinski definition) is 2. The van der Waals surface area contributed by atoms with Crippen molar-refractivity contribution >= 4 is 12.0 Å². The van der Waals surface area contributed by atoms with Crippen LogP contribution in [0, 0.1) is 0 Å². The van der Waals surface area contributed by atoms with Crippen LogP contribution in [0.4, 0.5) is 4.79 Å². The molecule has 0 aliphatic rings. The molecular weight excluding hydrogens is 272 g/mol. The molecule has 21 heavy (non-hydrogen) atoms. The lowest BCUT2D eigenvalue weighted by Crippen LogP contribution is -2.47. The van der Waals surface area contributed by atoms with Crippen molar-refractivity contribution in [2.75, 3.05) is 6.54 Å². The molecule has 1 heterocycles. The Morgan fingerprint density at radius 3 is 2.62 bits per heavy atom. The number of furan rings is 1. The van der Waals surface area contributed by atoms with Gasteiger partial charge in [-0.25, -0.2) is 4.79 Å². The molecule has 2 amide bonds. The molecule has 0 fully saturated rings. The Labute approximate surface area is 125 Å². The maximum atomic E-state index is 12.2. The second kappa shape index (κ2) is 8.34. The zero-order valence-electron chi connectivity index (χ0n) is 12.8. The summed E-state index contributed by atoms with van der Waals surface area (Å²) in [6.45, 7) is 6.18. The number of rotatable bonds is 8. The van der Waals surface area contributed by atoms with Crippen molar-refractivity contribution in [3.63, 3.8) is 0 Å². The predicted octanol–water partition coefficient (Wildman–Crippen LogP) is 2.50. The van der Waals surface area contributed by atoms with Gasteiger partial charge in [0, 0.05) is 31.5 Å². The summed E-state index contributed by atoms with van der Waals surface area (Å²) in [4.78, 5) is 24.4. The topological polar surface area (TPSA) is 82.8 Å². The smallest absolute Gasteiger partial charge is 0.317 e. The monoisotopic (exact) mass is 296 g/mol. The molecule has 2 N–H and O–H groups in total. The number of carboxylic acid groups (broad SMARTS) is 1. The summed E-state index contributed by atoms with van der Waals surface area (Å²) in [5.41, 5.74) is 0. The number of urea groups is 1. The number of hydrogen-bond acceptors (Lipinski definition) is 3. The van der Waals surface area contributed by atoms with Gasteiger partial charge in [-0.05, 0) is 39.3 Å². The molecule has 0 radical (unpaired) electrons. The van der Waals surface area contributed by atoms with Crippen LogP contribution < -0.4 is 5.32 Å². The molecule has 1 aromatic heterocycles. The van der Waals surface area contributed by atoms with Gasteiger partial charge in [0.25, 0.3) is 0 Å². The highest BCUT2D eigenvalue weighted by atomic mass is 16.4. The molecule has 0 spiro atoms. The maximum absolute atomic E-state index is 12.2. The molecule has 0 bridgehead atoms. The highest BCUT2D eigenvalue weighted by Gasteiger charge is 2.19. The van der Waals surface area contributed by atoms with E-state index >= 15 is 0 Å². The van der Waals surface area contributed by atoms with Crippen LogP contribution in [-0.4, -0.2) is 40.6 Å². The van der Waals surface area contributed by atoms with Crippen LogP contribution in [0.1, 0.15) is 39.4 Å². The van der Waals surface area contributed by atoms with E-state index in [2.05, 4.69) is 5.32 Å². The van der Waals surface area contributed by atoms with Crippen LogP contribution in [0.25, 0.3) is 0 Å². The summed E-state index contributed by atoms with van der Waals surface area (Å²) in [6.07, 6.45) is 2.75. The van der Waals surface area contributed by atoms with Crippen LogP contribution in [0.2, 0.25) is 0 Å². The Hall–Kier alpha value is -1.98. The standard InChI is InChI=1S/C15H24N2O4/c1-11(2)17(8-4-7-14(18)19)15(20)16-12(3)10-13-6-5-9-21-13/h5-6,9,11-12H,4,7-8,10H2,1-3H3,(H,16,20)(H,18,19). The molecule has 0 saturated carbocycles. The number of carboxylic acids is 1. The lowest BCUT2D eigenvalue weighted by molar-refractivity contribution is -0.137. The van der Waals surface area contributed by atoms with E-state index in [0.717, 1.165) is 5.76 Å². The van der Waals surface area contributed by atoms with Gasteiger partial charge in [0.1, 0.15) is 5.76 Å². The van der Waals surface area contributed by atoms with Gasteiger partial charge in [-0.3, -0.25) is 4.79 Å². The maximum Gasteiger partial charge on any atom is 0.317 e. The molecule has 0 aliphatic heterocycles. The summed E-state index contributed by atoms with van der Waals surface area (Å²) in [5.74, 6) is -0.0184. The number of nitrogens with zero attached hydrogens (tertiary/aromatic N) is 1. The van der Waals surface area contributed by atoms with Crippen molar-refractivity contribution in [2.45, 2.75) is 52.1 Å². The van der Waals surface area contributed by atoms with Gasteiger partial charge in [0.2, 0.25) is 0 Å². The first kappa shape index (κ1) is 17.1. The van der Waals surface area contributed by atoms with Crippen molar-refractivity contribution in [1.82, 2.24) is 10.2 Å². The Morgan fingerprint density at radius 1 is 1.38 bits per heavy atom. The van der Waals surface area contributed by atoms with Gasteiger partial charge in [-0.2, -0.15) is 0 Å². The fourth-order valence-corrected chi connectivity index (χ4v) is 2.07. The van der Waals surface area contributed by atoms with Crippen molar-refractivity contribution in [3.8, 4) is 0 Å². The fourth-order valence-electron chi connectivity index (χ4n) is 2.07. The Morgan fingerprint density at radius 2 is 2.10 bits per heavy atom. The lowest BCUT2D eigenvalue weighted by Gasteiger charge is -2.28. The number of aliphatic carboxylic acids is 1. The van der Waals surface area contributed by atoms with E-state index in [0.29, 0.717) is 19.4 Å². The van der Waals surface area contributed by atoms with E-state index in [1.165, 1.54) is 0 Å². The zero-order valence-corrected chi connectivity index (χ0v) is 12.8. The molecule has 1 unspecified atom stereocenters. The Bertz CT molecular complexity index is 443. The van der Waals surface area contributed by atoms with Crippen molar-refractivity contribution < 1.29 is 19.1 Å². The Balaban J connectivity index is 2.46. The number of carbonyl (C=O) groups excluding carboxylic acids is 1. The fraction of sp³-hybridized carbons (Fsp3) is 0.600. The van der Waals surface area contributed by atoms with E-state index in [1.54, 1.807) is 11.2 Å². The van der Waals surface area contributed by atoms with Crippen LogP contribution in [0.3, 0.4) is 0 Å². The molecule has 0 aliphatic carbocycles. The third-order valence-corrected chi connectivity index (χ3v) is 3.13. The normalized spacial score (nSPS) is 12.2. The van der Waals surface area contributed by atoms with Gasteiger partial charge in [0.15, 0.2) is 0 Å². The van der Waals surface area contributed by atoms with Gasteiger partial charge in [0.05, 0.1) is 6.26 Å². The predicted molar refractivity (Wildman–Crippen MR) is 79.1 cm³/mol. The molecule has 6 heteroatoms. The molecular formula is C15H24N2O4. The summed E-state index contributed by atoms with van der Waals surface area (Å²) >= 11 is 0. The van der Waals surface area contributed by atoms with Crippen molar-refractivity contribution in [2.24, 2.45) is 0 Å². The third kappa shape index (κ3) is 6.33. The van der Waals surface area contributed by atoms with Gasteiger partial charge in [-0.15, -0.1) is 0 Å². The minimum Gasteiger partial charge on any atom is -0.481 e. The number of amides is 2. The summed E-state index contributed by atoms with van der Waals surface area (Å²) in [6, 6.07) is 3.49. The van der Waals surface area contributed by atoms with Gasteiger partial charge >= 0.3 is 12.0 Å². The quantitative estimate of drug-likeness (QED) is 0.772. The largest absolute Gasteiger partial charge is 0.481 e. The van der Waals surface area contributed by atoms with Gasteiger partial charge < -0.3 is 19.7 Å². The molecule has 118 valence electrons. The first-order chi connectivity index (χ1) is 9.90. The second-order valence-electron chi connectivity index (χ2n) is 5.42. The van der Waals surface area contributed by atoms with Crippen molar-refractivity contribution in [1.29, 1.82) is 0 Å². The van der Waals surface area contributed by atoms with Crippen LogP contribution in [-0.2, 0) is 11.2 Å². The second-order valence-corrected chi connectivity index (χ2v) is 5.42. The highest BCUT2D eigenvalue weighted by molar-refractivity contribution is 5.75. The van der Waals surface area contributed by atoms with E-state index in [9.17, 15) is 9.59 Å². The summed E-state index contributed by atoms with van der Waals surface area (Å²) in [5, 5.41) is 11.6. The summed E-state index contributed by atoms with van der Waals surface area (Å²) in [7, 11) is 0. The minimum absolute atomic E-state index is 0.0228. The number of carbonyl (C=O) groups is 2. The summed E-state index contributed by atoms with van der Waals surface area (Å²) < 4.78 is 5.25. The Kier molecular flexibility index (Phi) is 6.78. The molecule has 1 atom stereocenters. The van der Waals surface area contributed by atoms with E-state index < -0.39 is 5.97 Å². The first-order valence-corrected chi connectivity index (χ1v) is 7.21. The average molecular weight is 296 g/mol. The molecule has 0 aromatic carbocycles. The SMILES string of the molecule is CC(Cc1ccco1)NC(=O)N(CCCC(=O)O)C(C)C. The zero-order chi connectivity index (χ0) is 15.8. The molecule has 0 saturated heterocycles. The minimum atomic E-state index is -0.842. The van der Waals surface area contributed by atoms with Crippen LogP contribution >= 0.6 is 0 Å². The molecule has 1 aromatic rings. The molecule has 6 nitrogen and oxygen atoms in total. The van der Waals surface area contributed by atoms with Crippen LogP contribution in [0.5, 0.6) is 0 Å². The van der Waals surface area contributed by atoms with Gasteiger partial charge in [-0.1, -0.05) is 0 Å². The number of nitrogens with one attached hydrogen (secondary N) is 1. The third-order valence-electron chi connectivity index (χ3n) is 3.13. The van der Waals surface area contributed by atoms with Crippen LogP contribution in [0.15, 0.2) is 22.8 Å².